The van der Waals surface area contributed by atoms with Gasteiger partial charge >= 0.3 is 5.69 Å². The van der Waals surface area contributed by atoms with Crippen molar-refractivity contribution in [2.75, 3.05) is 32.8 Å². The summed E-state index contributed by atoms with van der Waals surface area (Å²) in [7, 11) is 0. The van der Waals surface area contributed by atoms with Gasteiger partial charge in [0.05, 0.1) is 24.2 Å². The van der Waals surface area contributed by atoms with Crippen molar-refractivity contribution >= 4 is 11.6 Å². The second-order valence-corrected chi connectivity index (χ2v) is 6.31. The third-order valence-corrected chi connectivity index (χ3v) is 4.49. The third-order valence-electron chi connectivity index (χ3n) is 4.49. The first-order valence-corrected chi connectivity index (χ1v) is 8.68. The number of rotatable bonds is 6. The Labute approximate surface area is 156 Å². The normalized spacial score (nSPS) is 15.9. The minimum atomic E-state index is -0.692. The highest BCUT2D eigenvalue weighted by molar-refractivity contribution is 5.95. The van der Waals surface area contributed by atoms with E-state index in [-0.39, 0.29) is 11.6 Å². The molecule has 2 aromatic carbocycles. The second-order valence-electron chi connectivity index (χ2n) is 6.31. The fourth-order valence-electron chi connectivity index (χ4n) is 3.02. The Morgan fingerprint density at radius 1 is 1.22 bits per heavy atom. The van der Waals surface area contributed by atoms with Gasteiger partial charge in [-0.15, -0.1) is 0 Å². The monoisotopic (exact) mass is 371 g/mol. The summed E-state index contributed by atoms with van der Waals surface area (Å²) < 4.78 is 5.37. The number of hydrogen-bond donors (Lipinski definition) is 2. The number of morpholine rings is 1. The van der Waals surface area contributed by atoms with Crippen molar-refractivity contribution in [3.8, 4) is 5.75 Å². The van der Waals surface area contributed by atoms with Crippen LogP contribution in [0.2, 0.25) is 0 Å². The second kappa shape index (κ2) is 8.61. The fourth-order valence-corrected chi connectivity index (χ4v) is 3.02. The van der Waals surface area contributed by atoms with Crippen LogP contribution in [0.3, 0.4) is 0 Å². The molecule has 1 heterocycles. The van der Waals surface area contributed by atoms with Gasteiger partial charge in [0.2, 0.25) is 0 Å². The van der Waals surface area contributed by atoms with Gasteiger partial charge in [-0.05, 0) is 17.7 Å². The number of phenols is 1. The van der Waals surface area contributed by atoms with Gasteiger partial charge in [-0.2, -0.15) is 0 Å². The maximum Gasteiger partial charge on any atom is 0.310 e. The van der Waals surface area contributed by atoms with E-state index in [9.17, 15) is 20.0 Å². The highest BCUT2D eigenvalue weighted by atomic mass is 16.6. The van der Waals surface area contributed by atoms with Crippen LogP contribution in [0.4, 0.5) is 5.69 Å². The smallest absolute Gasteiger partial charge is 0.310 e. The molecule has 0 aromatic heterocycles. The van der Waals surface area contributed by atoms with Gasteiger partial charge in [-0.3, -0.25) is 19.8 Å². The summed E-state index contributed by atoms with van der Waals surface area (Å²) in [6, 6.07) is 12.9. The minimum Gasteiger partial charge on any atom is -0.502 e. The van der Waals surface area contributed by atoms with Gasteiger partial charge in [-0.1, -0.05) is 30.3 Å². The van der Waals surface area contributed by atoms with Crippen LogP contribution in [0.5, 0.6) is 5.75 Å². The first-order valence-electron chi connectivity index (χ1n) is 8.68. The minimum absolute atomic E-state index is 0.168. The van der Waals surface area contributed by atoms with E-state index in [1.165, 1.54) is 6.07 Å². The van der Waals surface area contributed by atoms with Crippen LogP contribution in [0.1, 0.15) is 22.0 Å². The lowest BCUT2D eigenvalue weighted by atomic mass is 10.0. The number of nitro benzene ring substituents is 1. The molecule has 1 aliphatic rings. The number of amides is 1. The summed E-state index contributed by atoms with van der Waals surface area (Å²) in [5, 5.41) is 23.6. The number of hydrogen-bond acceptors (Lipinski definition) is 6. The Balaban J connectivity index is 1.77. The molecule has 1 amide bonds. The van der Waals surface area contributed by atoms with Crippen LogP contribution in [0, 0.1) is 10.1 Å². The first kappa shape index (κ1) is 18.8. The molecule has 1 unspecified atom stereocenters. The van der Waals surface area contributed by atoms with E-state index >= 15 is 0 Å². The zero-order valence-electron chi connectivity index (χ0n) is 14.7. The van der Waals surface area contributed by atoms with E-state index in [1.807, 2.05) is 30.3 Å². The van der Waals surface area contributed by atoms with Crippen molar-refractivity contribution in [3.63, 3.8) is 0 Å². The number of nitrogens with zero attached hydrogens (tertiary/aromatic N) is 2. The Kier molecular flexibility index (Phi) is 6.00. The van der Waals surface area contributed by atoms with Crippen LogP contribution in [-0.4, -0.2) is 53.7 Å². The van der Waals surface area contributed by atoms with E-state index in [1.54, 1.807) is 0 Å². The highest BCUT2D eigenvalue weighted by Crippen LogP contribution is 2.26. The summed E-state index contributed by atoms with van der Waals surface area (Å²) in [5.74, 6) is -0.931. The van der Waals surface area contributed by atoms with E-state index < -0.39 is 22.3 Å². The van der Waals surface area contributed by atoms with Gasteiger partial charge in [0.1, 0.15) is 0 Å². The third kappa shape index (κ3) is 4.81. The molecule has 0 radical (unpaired) electrons. The molecule has 1 fully saturated rings. The van der Waals surface area contributed by atoms with Crippen LogP contribution in [-0.2, 0) is 4.74 Å². The molecule has 27 heavy (non-hydrogen) atoms. The number of carbonyl (C=O) groups is 1. The predicted molar refractivity (Wildman–Crippen MR) is 98.7 cm³/mol. The number of carbonyl (C=O) groups excluding carboxylic acids is 1. The molecular weight excluding hydrogens is 350 g/mol. The molecule has 1 atom stereocenters. The van der Waals surface area contributed by atoms with Crippen molar-refractivity contribution in [2.45, 2.75) is 6.04 Å². The quantitative estimate of drug-likeness (QED) is 0.595. The summed E-state index contributed by atoms with van der Waals surface area (Å²) in [5.41, 5.74) is 0.698. The van der Waals surface area contributed by atoms with Crippen LogP contribution < -0.4 is 5.32 Å². The summed E-state index contributed by atoms with van der Waals surface area (Å²) in [6.07, 6.45) is 0. The standard InChI is InChI=1S/C19H21N3O5/c23-18-12-15(6-7-17(18)22(25)26)19(24)20-16(14-4-2-1-3-5-14)13-21-8-10-27-11-9-21/h1-7,12,16,23H,8-11,13H2,(H,20,24). The average molecular weight is 371 g/mol. The highest BCUT2D eigenvalue weighted by Gasteiger charge is 2.22. The molecule has 8 nitrogen and oxygen atoms in total. The largest absolute Gasteiger partial charge is 0.502 e. The zero-order chi connectivity index (χ0) is 19.2. The molecule has 2 N–H and O–H groups in total. The van der Waals surface area contributed by atoms with Crippen molar-refractivity contribution in [1.82, 2.24) is 10.2 Å². The lowest BCUT2D eigenvalue weighted by molar-refractivity contribution is -0.385. The average Bonchev–Trinajstić information content (AvgIpc) is 2.68. The van der Waals surface area contributed by atoms with Gasteiger partial charge < -0.3 is 15.2 Å². The van der Waals surface area contributed by atoms with Crippen LogP contribution in [0.25, 0.3) is 0 Å². The Bertz CT molecular complexity index is 806. The molecule has 1 aliphatic heterocycles. The first-order chi connectivity index (χ1) is 13.0. The lowest BCUT2D eigenvalue weighted by Gasteiger charge is -2.31. The molecular formula is C19H21N3O5. The summed E-state index contributed by atoms with van der Waals surface area (Å²) >= 11 is 0. The maximum atomic E-state index is 12.7. The van der Waals surface area contributed by atoms with Crippen LogP contribution >= 0.6 is 0 Å². The summed E-state index contributed by atoms with van der Waals surface area (Å²) in [6.45, 7) is 3.52. The number of nitro groups is 1. The van der Waals surface area contributed by atoms with E-state index in [0.29, 0.717) is 19.8 Å². The molecule has 0 aliphatic carbocycles. The molecule has 0 bridgehead atoms. The molecule has 1 saturated heterocycles. The van der Waals surface area contributed by atoms with Crippen molar-refractivity contribution < 1.29 is 19.6 Å². The zero-order valence-corrected chi connectivity index (χ0v) is 14.7. The van der Waals surface area contributed by atoms with Gasteiger partial charge in [0.25, 0.3) is 5.91 Å². The molecule has 2 aromatic rings. The predicted octanol–water partition coefficient (Wildman–Crippen LogP) is 2.10. The van der Waals surface area contributed by atoms with E-state index in [2.05, 4.69) is 10.2 Å². The van der Waals surface area contributed by atoms with Gasteiger partial charge in [-0.25, -0.2) is 0 Å². The van der Waals surface area contributed by atoms with Crippen molar-refractivity contribution in [3.05, 3.63) is 69.8 Å². The number of ether oxygens (including phenoxy) is 1. The SMILES string of the molecule is O=C(NC(CN1CCOCC1)c1ccccc1)c1ccc([N+](=O)[O-])c(O)c1. The van der Waals surface area contributed by atoms with Crippen LogP contribution in [0.15, 0.2) is 48.5 Å². The van der Waals surface area contributed by atoms with Crippen molar-refractivity contribution in [2.24, 2.45) is 0 Å². The van der Waals surface area contributed by atoms with Gasteiger partial charge in [0.15, 0.2) is 5.75 Å². The molecule has 3 rings (SSSR count). The molecule has 8 heteroatoms. The topological polar surface area (TPSA) is 105 Å². The van der Waals surface area contributed by atoms with E-state index in [0.717, 1.165) is 30.8 Å². The Morgan fingerprint density at radius 2 is 1.93 bits per heavy atom. The molecule has 142 valence electrons. The summed E-state index contributed by atoms with van der Waals surface area (Å²) in [4.78, 5) is 25.0. The number of aromatic hydroxyl groups is 1. The number of phenolic OH excluding ortho intramolecular Hbond substituents is 1. The fraction of sp³-hybridized carbons (Fsp3) is 0.316. The lowest BCUT2D eigenvalue weighted by Crippen LogP contribution is -2.43. The maximum absolute atomic E-state index is 12.7. The van der Waals surface area contributed by atoms with E-state index in [4.69, 9.17) is 4.74 Å². The van der Waals surface area contributed by atoms with Crippen molar-refractivity contribution in [1.29, 1.82) is 0 Å². The van der Waals surface area contributed by atoms with Gasteiger partial charge in [0, 0.05) is 31.3 Å². The Hall–Kier alpha value is -2.97. The molecule has 0 saturated carbocycles. The number of benzene rings is 2. The number of nitrogens with one attached hydrogen (secondary N) is 1. The molecule has 0 spiro atoms. The Morgan fingerprint density at radius 3 is 2.56 bits per heavy atom.